The fourth-order valence-electron chi connectivity index (χ4n) is 2.49. The number of carboxylic acid groups (broad SMARTS) is 1. The summed E-state index contributed by atoms with van der Waals surface area (Å²) in [6.45, 7) is 1.80. The third-order valence-corrected chi connectivity index (χ3v) is 3.64. The van der Waals surface area contributed by atoms with E-state index in [9.17, 15) is 4.79 Å². The Morgan fingerprint density at radius 1 is 0.913 bits per heavy atom. The number of pyridine rings is 1. The quantitative estimate of drug-likeness (QED) is 0.707. The molecule has 0 amide bonds. The summed E-state index contributed by atoms with van der Waals surface area (Å²) in [6, 6.07) is 20.1. The van der Waals surface area contributed by atoms with Crippen molar-refractivity contribution in [2.75, 3.05) is 0 Å². The molecule has 0 fully saturated rings. The summed E-state index contributed by atoms with van der Waals surface area (Å²) in [5, 5.41) is 8.75. The molecule has 4 heteroatoms. The zero-order valence-electron chi connectivity index (χ0n) is 12.6. The molecule has 1 aromatic heterocycles. The van der Waals surface area contributed by atoms with Gasteiger partial charge in [-0.1, -0.05) is 54.6 Å². The molecular weight excluding hydrogens is 290 g/mol. The second kappa shape index (κ2) is 6.32. The number of aromatic nitrogens is 1. The highest BCUT2D eigenvalue weighted by Gasteiger charge is 2.11. The summed E-state index contributed by atoms with van der Waals surface area (Å²) in [5.41, 5.74) is 4.86. The summed E-state index contributed by atoms with van der Waals surface area (Å²) >= 11 is 0. The zero-order valence-corrected chi connectivity index (χ0v) is 12.6. The molecule has 3 rings (SSSR count). The standard InChI is InChI=1S/C19H15NO3/c1-13-17(11-12-20-18(13)23-19(21)22)16-9-7-15(8-10-16)14-5-3-2-4-6-14/h2-12H,1H3,(H,21,22). The lowest BCUT2D eigenvalue weighted by atomic mass is 9.98. The van der Waals surface area contributed by atoms with E-state index in [0.717, 1.165) is 22.3 Å². The van der Waals surface area contributed by atoms with Gasteiger partial charge in [0.05, 0.1) is 0 Å². The Hall–Kier alpha value is -3.14. The first-order valence-electron chi connectivity index (χ1n) is 7.17. The van der Waals surface area contributed by atoms with Gasteiger partial charge in [-0.25, -0.2) is 9.78 Å². The van der Waals surface area contributed by atoms with E-state index < -0.39 is 6.16 Å². The number of hydrogen-bond acceptors (Lipinski definition) is 3. The number of benzene rings is 2. The molecule has 0 aliphatic carbocycles. The van der Waals surface area contributed by atoms with E-state index in [2.05, 4.69) is 17.1 Å². The predicted octanol–water partition coefficient (Wildman–Crippen LogP) is 4.78. The van der Waals surface area contributed by atoms with Crippen molar-refractivity contribution in [3.8, 4) is 28.1 Å². The Morgan fingerprint density at radius 2 is 1.52 bits per heavy atom. The van der Waals surface area contributed by atoms with Crippen molar-refractivity contribution in [1.82, 2.24) is 4.98 Å². The molecule has 0 bridgehead atoms. The lowest BCUT2D eigenvalue weighted by molar-refractivity contribution is 0.142. The maximum atomic E-state index is 10.7. The minimum absolute atomic E-state index is 0.113. The van der Waals surface area contributed by atoms with Crippen LogP contribution >= 0.6 is 0 Å². The normalized spacial score (nSPS) is 10.3. The molecule has 2 aromatic carbocycles. The number of hydrogen-bond donors (Lipinski definition) is 1. The average molecular weight is 305 g/mol. The molecule has 0 saturated heterocycles. The van der Waals surface area contributed by atoms with E-state index in [-0.39, 0.29) is 5.88 Å². The molecule has 23 heavy (non-hydrogen) atoms. The minimum Gasteiger partial charge on any atom is -0.449 e. The second-order valence-corrected chi connectivity index (χ2v) is 5.10. The summed E-state index contributed by atoms with van der Waals surface area (Å²) in [7, 11) is 0. The Kier molecular flexibility index (Phi) is 4.06. The maximum absolute atomic E-state index is 10.7. The molecule has 0 atom stereocenters. The van der Waals surface area contributed by atoms with Gasteiger partial charge in [-0.3, -0.25) is 0 Å². The van der Waals surface area contributed by atoms with Gasteiger partial charge >= 0.3 is 6.16 Å². The molecular formula is C19H15NO3. The molecule has 4 nitrogen and oxygen atoms in total. The minimum atomic E-state index is -1.36. The largest absolute Gasteiger partial charge is 0.512 e. The topological polar surface area (TPSA) is 59.4 Å². The third-order valence-electron chi connectivity index (χ3n) is 3.64. The van der Waals surface area contributed by atoms with Crippen molar-refractivity contribution in [2.24, 2.45) is 0 Å². The molecule has 0 radical (unpaired) electrons. The maximum Gasteiger partial charge on any atom is 0.512 e. The molecule has 0 unspecified atom stereocenters. The van der Waals surface area contributed by atoms with Gasteiger partial charge in [-0.05, 0) is 35.2 Å². The van der Waals surface area contributed by atoms with Crippen LogP contribution in [0.5, 0.6) is 5.88 Å². The highest BCUT2D eigenvalue weighted by molar-refractivity contribution is 5.73. The Bertz CT molecular complexity index is 827. The van der Waals surface area contributed by atoms with E-state index >= 15 is 0 Å². The lowest BCUT2D eigenvalue weighted by Crippen LogP contribution is -2.06. The van der Waals surface area contributed by atoms with Crippen LogP contribution in [0.1, 0.15) is 5.56 Å². The van der Waals surface area contributed by atoms with Crippen LogP contribution in [-0.2, 0) is 0 Å². The Morgan fingerprint density at radius 3 is 2.17 bits per heavy atom. The van der Waals surface area contributed by atoms with E-state index in [4.69, 9.17) is 9.84 Å². The van der Waals surface area contributed by atoms with Crippen LogP contribution in [0.4, 0.5) is 4.79 Å². The van der Waals surface area contributed by atoms with Gasteiger partial charge in [-0.2, -0.15) is 0 Å². The van der Waals surface area contributed by atoms with Crippen LogP contribution in [0.25, 0.3) is 22.3 Å². The summed E-state index contributed by atoms with van der Waals surface area (Å²) < 4.78 is 4.71. The van der Waals surface area contributed by atoms with Crippen molar-refractivity contribution in [3.63, 3.8) is 0 Å². The SMILES string of the molecule is Cc1c(-c2ccc(-c3ccccc3)cc2)ccnc1OC(=O)O. The van der Waals surface area contributed by atoms with Crippen LogP contribution in [-0.4, -0.2) is 16.2 Å². The van der Waals surface area contributed by atoms with Gasteiger partial charge in [0.2, 0.25) is 5.88 Å². The number of carbonyl (C=O) groups is 1. The van der Waals surface area contributed by atoms with Crippen molar-refractivity contribution in [1.29, 1.82) is 0 Å². The van der Waals surface area contributed by atoms with Gasteiger partial charge in [0.25, 0.3) is 0 Å². The van der Waals surface area contributed by atoms with Gasteiger partial charge in [0, 0.05) is 11.8 Å². The lowest BCUT2D eigenvalue weighted by Gasteiger charge is -2.10. The molecule has 0 aliphatic heterocycles. The first-order valence-corrected chi connectivity index (χ1v) is 7.17. The Labute approximate surface area is 134 Å². The molecule has 0 saturated carbocycles. The number of ether oxygens (including phenoxy) is 1. The van der Waals surface area contributed by atoms with E-state index in [1.165, 1.54) is 0 Å². The second-order valence-electron chi connectivity index (χ2n) is 5.10. The van der Waals surface area contributed by atoms with Crippen LogP contribution in [0.15, 0.2) is 66.9 Å². The van der Waals surface area contributed by atoms with E-state index in [1.807, 2.05) is 48.5 Å². The van der Waals surface area contributed by atoms with Crippen LogP contribution in [0.2, 0.25) is 0 Å². The molecule has 114 valence electrons. The van der Waals surface area contributed by atoms with Crippen LogP contribution in [0, 0.1) is 6.92 Å². The predicted molar refractivity (Wildman–Crippen MR) is 88.5 cm³/mol. The van der Waals surface area contributed by atoms with Gasteiger partial charge in [0.15, 0.2) is 0 Å². The fourth-order valence-corrected chi connectivity index (χ4v) is 2.49. The fraction of sp³-hybridized carbons (Fsp3) is 0.0526. The molecule has 1 N–H and O–H groups in total. The van der Waals surface area contributed by atoms with Crippen molar-refractivity contribution in [3.05, 3.63) is 72.4 Å². The number of rotatable bonds is 3. The highest BCUT2D eigenvalue weighted by Crippen LogP contribution is 2.30. The summed E-state index contributed by atoms with van der Waals surface area (Å²) in [6.07, 6.45) is 0.184. The molecule has 3 aromatic rings. The van der Waals surface area contributed by atoms with Gasteiger partial charge in [0.1, 0.15) is 0 Å². The van der Waals surface area contributed by atoms with Crippen molar-refractivity contribution >= 4 is 6.16 Å². The van der Waals surface area contributed by atoms with Gasteiger partial charge < -0.3 is 9.84 Å². The van der Waals surface area contributed by atoms with E-state index in [1.54, 1.807) is 13.1 Å². The monoisotopic (exact) mass is 305 g/mol. The molecule has 0 spiro atoms. The first-order chi connectivity index (χ1) is 11.1. The van der Waals surface area contributed by atoms with Crippen molar-refractivity contribution in [2.45, 2.75) is 6.92 Å². The third kappa shape index (κ3) is 3.21. The van der Waals surface area contributed by atoms with Crippen LogP contribution < -0.4 is 4.74 Å². The van der Waals surface area contributed by atoms with Crippen molar-refractivity contribution < 1.29 is 14.6 Å². The van der Waals surface area contributed by atoms with Crippen LogP contribution in [0.3, 0.4) is 0 Å². The first kappa shape index (κ1) is 14.8. The summed E-state index contributed by atoms with van der Waals surface area (Å²) in [4.78, 5) is 14.7. The molecule has 1 heterocycles. The Balaban J connectivity index is 1.95. The molecule has 0 aliphatic rings. The zero-order chi connectivity index (χ0) is 16.2. The van der Waals surface area contributed by atoms with Gasteiger partial charge in [-0.15, -0.1) is 0 Å². The number of nitrogens with zero attached hydrogens (tertiary/aromatic N) is 1. The smallest absolute Gasteiger partial charge is 0.449 e. The summed E-state index contributed by atoms with van der Waals surface area (Å²) in [5.74, 6) is 0.113. The average Bonchev–Trinajstić information content (AvgIpc) is 2.57. The van der Waals surface area contributed by atoms with E-state index in [0.29, 0.717) is 5.56 Å². The highest BCUT2D eigenvalue weighted by atomic mass is 16.7.